The van der Waals surface area contributed by atoms with Gasteiger partial charge in [-0.05, 0) is 19.4 Å². The molecule has 0 spiro atoms. The lowest BCUT2D eigenvalue weighted by molar-refractivity contribution is -0.156. The molecule has 0 saturated carbocycles. The molecule has 4 nitrogen and oxygen atoms in total. The van der Waals surface area contributed by atoms with Crippen LogP contribution < -0.4 is 5.32 Å². The molecule has 0 aliphatic carbocycles. The topological polar surface area (TPSA) is 69.6 Å². The van der Waals surface area contributed by atoms with Crippen molar-refractivity contribution >= 4 is 5.97 Å². The Labute approximate surface area is 72.6 Å². The van der Waals surface area contributed by atoms with Gasteiger partial charge in [0.05, 0.1) is 0 Å². The first-order valence-corrected chi connectivity index (χ1v) is 4.02. The van der Waals surface area contributed by atoms with Crippen molar-refractivity contribution in [2.75, 3.05) is 13.1 Å². The van der Waals surface area contributed by atoms with Crippen LogP contribution in [0.15, 0.2) is 0 Å². The Kier molecular flexibility index (Phi) is 4.20. The number of aliphatic carboxylic acids is 1. The van der Waals surface area contributed by atoms with Gasteiger partial charge in [-0.15, -0.1) is 0 Å². The quantitative estimate of drug-likeness (QED) is 0.553. The van der Waals surface area contributed by atoms with Gasteiger partial charge in [0, 0.05) is 6.54 Å². The van der Waals surface area contributed by atoms with Crippen molar-refractivity contribution in [1.82, 2.24) is 5.32 Å². The Balaban J connectivity index is 3.69. The van der Waals surface area contributed by atoms with E-state index in [-0.39, 0.29) is 6.54 Å². The number of rotatable bonds is 5. The summed E-state index contributed by atoms with van der Waals surface area (Å²) in [5.74, 6) is -0.742. The Morgan fingerprint density at radius 2 is 2.08 bits per heavy atom. The number of hydrogen-bond donors (Lipinski definition) is 3. The second-order valence-electron chi connectivity index (χ2n) is 3.60. The highest BCUT2D eigenvalue weighted by Gasteiger charge is 2.28. The molecular weight excluding hydrogens is 158 g/mol. The van der Waals surface area contributed by atoms with Crippen LogP contribution in [0.4, 0.5) is 0 Å². The number of aliphatic hydroxyl groups is 1. The molecule has 0 rings (SSSR count). The Morgan fingerprint density at radius 3 is 2.42 bits per heavy atom. The molecule has 12 heavy (non-hydrogen) atoms. The maximum Gasteiger partial charge on any atom is 0.336 e. The summed E-state index contributed by atoms with van der Waals surface area (Å²) in [6.07, 6.45) is 0. The lowest BCUT2D eigenvalue weighted by atomic mass is 10.1. The molecule has 1 atom stereocenters. The average molecular weight is 175 g/mol. The smallest absolute Gasteiger partial charge is 0.336 e. The van der Waals surface area contributed by atoms with E-state index in [4.69, 9.17) is 5.11 Å². The molecule has 1 unspecified atom stereocenters. The van der Waals surface area contributed by atoms with Crippen LogP contribution in [0.2, 0.25) is 0 Å². The fourth-order valence-corrected chi connectivity index (χ4v) is 0.680. The van der Waals surface area contributed by atoms with Gasteiger partial charge < -0.3 is 15.5 Å². The summed E-state index contributed by atoms with van der Waals surface area (Å²) in [5, 5.41) is 20.6. The van der Waals surface area contributed by atoms with Gasteiger partial charge in [-0.1, -0.05) is 13.8 Å². The summed E-state index contributed by atoms with van der Waals surface area (Å²) >= 11 is 0. The number of carboxylic acids is 1. The van der Waals surface area contributed by atoms with Crippen LogP contribution >= 0.6 is 0 Å². The van der Waals surface area contributed by atoms with Crippen molar-refractivity contribution in [2.45, 2.75) is 26.4 Å². The molecule has 4 heteroatoms. The third-order valence-corrected chi connectivity index (χ3v) is 1.48. The highest BCUT2D eigenvalue weighted by molar-refractivity contribution is 5.76. The van der Waals surface area contributed by atoms with E-state index in [1.807, 2.05) is 13.8 Å². The van der Waals surface area contributed by atoms with Gasteiger partial charge in [0.2, 0.25) is 0 Å². The SMILES string of the molecule is CC(C)CNCC(C)(O)C(=O)O. The Hall–Kier alpha value is -0.610. The lowest BCUT2D eigenvalue weighted by Crippen LogP contribution is -2.45. The van der Waals surface area contributed by atoms with Gasteiger partial charge in [0.15, 0.2) is 5.60 Å². The monoisotopic (exact) mass is 175 g/mol. The van der Waals surface area contributed by atoms with Crippen molar-refractivity contribution in [3.63, 3.8) is 0 Å². The minimum Gasteiger partial charge on any atom is -0.479 e. The summed E-state index contributed by atoms with van der Waals surface area (Å²) in [6.45, 7) is 6.11. The predicted molar refractivity (Wildman–Crippen MR) is 46.0 cm³/mol. The molecule has 0 aromatic carbocycles. The van der Waals surface area contributed by atoms with E-state index in [2.05, 4.69) is 5.32 Å². The summed E-state index contributed by atoms with van der Waals surface area (Å²) in [5.41, 5.74) is -1.66. The molecule has 0 bridgehead atoms. The standard InChI is InChI=1S/C8H17NO3/c1-6(2)4-9-5-8(3,12)7(10)11/h6,9,12H,4-5H2,1-3H3,(H,10,11). The van der Waals surface area contributed by atoms with E-state index in [1.165, 1.54) is 6.92 Å². The summed E-state index contributed by atoms with van der Waals surface area (Å²) in [7, 11) is 0. The molecule has 0 radical (unpaired) electrons. The maximum atomic E-state index is 10.4. The zero-order valence-electron chi connectivity index (χ0n) is 7.79. The molecule has 0 aromatic heterocycles. The minimum absolute atomic E-state index is 0.0838. The second-order valence-corrected chi connectivity index (χ2v) is 3.60. The zero-order chi connectivity index (χ0) is 9.78. The fraction of sp³-hybridized carbons (Fsp3) is 0.875. The minimum atomic E-state index is -1.66. The van der Waals surface area contributed by atoms with E-state index >= 15 is 0 Å². The molecule has 0 saturated heterocycles. The summed E-state index contributed by atoms with van der Waals surface area (Å²) < 4.78 is 0. The maximum absolute atomic E-state index is 10.4. The Bertz CT molecular complexity index is 154. The highest BCUT2D eigenvalue weighted by atomic mass is 16.4. The normalized spacial score (nSPS) is 16.1. The second kappa shape index (κ2) is 4.42. The van der Waals surface area contributed by atoms with E-state index in [1.54, 1.807) is 0 Å². The van der Waals surface area contributed by atoms with E-state index < -0.39 is 11.6 Å². The molecule has 0 amide bonds. The average Bonchev–Trinajstić information content (AvgIpc) is 1.85. The van der Waals surface area contributed by atoms with E-state index in [9.17, 15) is 9.90 Å². The van der Waals surface area contributed by atoms with Crippen LogP contribution in [0.5, 0.6) is 0 Å². The van der Waals surface area contributed by atoms with Gasteiger partial charge in [-0.2, -0.15) is 0 Å². The largest absolute Gasteiger partial charge is 0.479 e. The first kappa shape index (κ1) is 11.4. The third kappa shape index (κ3) is 4.31. The third-order valence-electron chi connectivity index (χ3n) is 1.48. The van der Waals surface area contributed by atoms with Crippen molar-refractivity contribution in [2.24, 2.45) is 5.92 Å². The van der Waals surface area contributed by atoms with E-state index in [0.717, 1.165) is 0 Å². The van der Waals surface area contributed by atoms with Crippen LogP contribution in [-0.4, -0.2) is 34.9 Å². The molecule has 3 N–H and O–H groups in total. The van der Waals surface area contributed by atoms with Gasteiger partial charge >= 0.3 is 5.97 Å². The number of nitrogens with one attached hydrogen (secondary N) is 1. The number of hydrogen-bond acceptors (Lipinski definition) is 3. The molecule has 0 heterocycles. The van der Waals surface area contributed by atoms with Crippen molar-refractivity contribution in [3.8, 4) is 0 Å². The van der Waals surface area contributed by atoms with Crippen LogP contribution in [0.25, 0.3) is 0 Å². The van der Waals surface area contributed by atoms with Crippen LogP contribution in [-0.2, 0) is 4.79 Å². The zero-order valence-corrected chi connectivity index (χ0v) is 7.79. The van der Waals surface area contributed by atoms with Crippen LogP contribution in [0.1, 0.15) is 20.8 Å². The Morgan fingerprint density at radius 1 is 1.58 bits per heavy atom. The molecule has 72 valence electrons. The fourth-order valence-electron chi connectivity index (χ4n) is 0.680. The van der Waals surface area contributed by atoms with Gasteiger partial charge in [0.1, 0.15) is 0 Å². The van der Waals surface area contributed by atoms with Crippen molar-refractivity contribution < 1.29 is 15.0 Å². The van der Waals surface area contributed by atoms with Crippen LogP contribution in [0.3, 0.4) is 0 Å². The van der Waals surface area contributed by atoms with Crippen molar-refractivity contribution in [1.29, 1.82) is 0 Å². The molecule has 0 aliphatic heterocycles. The van der Waals surface area contributed by atoms with Gasteiger partial charge in [-0.25, -0.2) is 4.79 Å². The van der Waals surface area contributed by atoms with Crippen LogP contribution in [0, 0.1) is 5.92 Å². The first-order valence-electron chi connectivity index (χ1n) is 4.02. The van der Waals surface area contributed by atoms with Gasteiger partial charge in [0.25, 0.3) is 0 Å². The summed E-state index contributed by atoms with van der Waals surface area (Å²) in [6, 6.07) is 0. The molecule has 0 aromatic rings. The highest BCUT2D eigenvalue weighted by Crippen LogP contribution is 2.00. The molecular formula is C8H17NO3. The predicted octanol–water partition coefficient (Wildman–Crippen LogP) is 0.0676. The molecule has 0 fully saturated rings. The van der Waals surface area contributed by atoms with Gasteiger partial charge in [-0.3, -0.25) is 0 Å². The lowest BCUT2D eigenvalue weighted by Gasteiger charge is -2.18. The molecule has 0 aliphatic rings. The number of carboxylic acid groups (broad SMARTS) is 1. The van der Waals surface area contributed by atoms with Crippen molar-refractivity contribution in [3.05, 3.63) is 0 Å². The van der Waals surface area contributed by atoms with E-state index in [0.29, 0.717) is 12.5 Å². The summed E-state index contributed by atoms with van der Waals surface area (Å²) in [4.78, 5) is 10.4. The first-order chi connectivity index (χ1) is 5.36. The number of carbonyl (C=O) groups is 1.